The van der Waals surface area contributed by atoms with E-state index in [2.05, 4.69) is 4.98 Å². The van der Waals surface area contributed by atoms with Crippen LogP contribution in [0.5, 0.6) is 5.88 Å². The molecule has 1 aliphatic rings. The SMILES string of the molecule is Cn1c2[n+](c([O-])c(-c3ccccc3)c1=O)[C@@H](c1cnc(Cl)s1)CS2. The molecule has 0 unspecified atom stereocenters. The first-order valence-electron chi connectivity index (χ1n) is 7.23. The number of benzene rings is 1. The fourth-order valence-electron chi connectivity index (χ4n) is 2.86. The second-order valence-corrected chi connectivity index (χ2v) is 8.04. The molecule has 0 saturated heterocycles. The molecule has 0 spiro atoms. The van der Waals surface area contributed by atoms with Crippen LogP contribution in [-0.2, 0) is 7.05 Å². The average molecular weight is 378 g/mol. The lowest BCUT2D eigenvalue weighted by molar-refractivity contribution is -0.776. The Bertz CT molecular complexity index is 985. The van der Waals surface area contributed by atoms with Crippen LogP contribution < -0.4 is 15.2 Å². The number of hydrogen-bond donors (Lipinski definition) is 0. The van der Waals surface area contributed by atoms with Gasteiger partial charge in [0.15, 0.2) is 4.47 Å². The Morgan fingerprint density at radius 1 is 1.38 bits per heavy atom. The predicted molar refractivity (Wildman–Crippen MR) is 92.7 cm³/mol. The fourth-order valence-corrected chi connectivity index (χ4v) is 5.28. The van der Waals surface area contributed by atoms with Gasteiger partial charge in [-0.25, -0.2) is 14.3 Å². The van der Waals surface area contributed by atoms with Crippen LogP contribution in [0, 0.1) is 0 Å². The topological polar surface area (TPSA) is 61.8 Å². The van der Waals surface area contributed by atoms with E-state index in [1.807, 2.05) is 18.2 Å². The van der Waals surface area contributed by atoms with E-state index in [0.717, 1.165) is 4.88 Å². The maximum absolute atomic E-state index is 13.1. The lowest BCUT2D eigenvalue weighted by Gasteiger charge is -2.18. The molecule has 8 heteroatoms. The summed E-state index contributed by atoms with van der Waals surface area (Å²) in [5.74, 6) is 0.415. The summed E-state index contributed by atoms with van der Waals surface area (Å²) in [5.41, 5.74) is 0.564. The van der Waals surface area contributed by atoms with Crippen molar-refractivity contribution >= 4 is 34.7 Å². The molecule has 0 amide bonds. The van der Waals surface area contributed by atoms with Gasteiger partial charge in [0.25, 0.3) is 0 Å². The van der Waals surface area contributed by atoms with Gasteiger partial charge in [0.05, 0.1) is 23.6 Å². The monoisotopic (exact) mass is 377 g/mol. The van der Waals surface area contributed by atoms with E-state index in [-0.39, 0.29) is 23.0 Å². The Labute approximate surface area is 151 Å². The molecule has 122 valence electrons. The van der Waals surface area contributed by atoms with Crippen LogP contribution in [0.2, 0.25) is 4.47 Å². The summed E-state index contributed by atoms with van der Waals surface area (Å²) >= 11 is 8.81. The van der Waals surface area contributed by atoms with Crippen molar-refractivity contribution < 1.29 is 9.67 Å². The maximum atomic E-state index is 13.1. The van der Waals surface area contributed by atoms with Crippen molar-refractivity contribution in [3.8, 4) is 17.0 Å². The molecule has 0 N–H and O–H groups in total. The standard InChI is InChI=1S/C16H12ClN3O2S2/c1-19-13(21)12(9-5-3-2-4-6-9)14(22)20-10(8-23-16(19)20)11-7-18-15(17)24-11/h2-7,10H,8H2,1H3/t10-/m1/s1. The van der Waals surface area contributed by atoms with Gasteiger partial charge in [0.2, 0.25) is 0 Å². The van der Waals surface area contributed by atoms with E-state index in [1.54, 1.807) is 34.5 Å². The van der Waals surface area contributed by atoms with Crippen LogP contribution in [-0.4, -0.2) is 15.3 Å². The van der Waals surface area contributed by atoms with Gasteiger partial charge in [-0.15, -0.1) is 11.3 Å². The molecule has 2 aromatic heterocycles. The smallest absolute Gasteiger partial charge is 0.345 e. The minimum Gasteiger partial charge on any atom is -0.842 e. The zero-order chi connectivity index (χ0) is 16.8. The largest absolute Gasteiger partial charge is 0.842 e. The lowest BCUT2D eigenvalue weighted by atomic mass is 10.1. The number of halogens is 1. The third kappa shape index (κ3) is 2.35. The van der Waals surface area contributed by atoms with Crippen LogP contribution in [0.3, 0.4) is 0 Å². The molecule has 0 saturated carbocycles. The molecule has 0 aliphatic carbocycles. The molecule has 3 aromatic rings. The van der Waals surface area contributed by atoms with E-state index >= 15 is 0 Å². The van der Waals surface area contributed by atoms with Gasteiger partial charge in [-0.05, 0) is 17.3 Å². The molecule has 24 heavy (non-hydrogen) atoms. The lowest BCUT2D eigenvalue weighted by Crippen LogP contribution is -2.47. The van der Waals surface area contributed by atoms with Crippen LogP contribution in [0.15, 0.2) is 46.5 Å². The van der Waals surface area contributed by atoms with Crippen LogP contribution in [0.25, 0.3) is 11.1 Å². The summed E-state index contributed by atoms with van der Waals surface area (Å²) in [4.78, 5) is 17.7. The zero-order valence-corrected chi connectivity index (χ0v) is 15.0. The third-order valence-corrected chi connectivity index (χ3v) is 6.44. The zero-order valence-electron chi connectivity index (χ0n) is 12.6. The van der Waals surface area contributed by atoms with Crippen molar-refractivity contribution in [1.82, 2.24) is 9.55 Å². The molecule has 0 fully saturated rings. The second-order valence-electron chi connectivity index (χ2n) is 5.41. The van der Waals surface area contributed by atoms with Crippen molar-refractivity contribution in [2.45, 2.75) is 11.2 Å². The molecule has 0 bridgehead atoms. The Morgan fingerprint density at radius 3 is 2.79 bits per heavy atom. The number of rotatable bonds is 2. The van der Waals surface area contributed by atoms with E-state index < -0.39 is 0 Å². The molecule has 1 aromatic carbocycles. The van der Waals surface area contributed by atoms with Crippen molar-refractivity contribution in [2.75, 3.05) is 5.75 Å². The molecular weight excluding hydrogens is 366 g/mol. The van der Waals surface area contributed by atoms with Crippen molar-refractivity contribution in [3.63, 3.8) is 0 Å². The van der Waals surface area contributed by atoms with E-state index in [9.17, 15) is 9.90 Å². The Morgan fingerprint density at radius 2 is 2.12 bits per heavy atom. The highest BCUT2D eigenvalue weighted by atomic mass is 35.5. The highest BCUT2D eigenvalue weighted by molar-refractivity contribution is 7.99. The average Bonchev–Trinajstić information content (AvgIpc) is 3.20. The number of fused-ring (bicyclic) bond motifs is 1. The summed E-state index contributed by atoms with van der Waals surface area (Å²) in [6.07, 6.45) is 1.70. The number of thioether (sulfide) groups is 1. The van der Waals surface area contributed by atoms with Gasteiger partial charge in [0, 0.05) is 6.20 Å². The van der Waals surface area contributed by atoms with E-state index in [4.69, 9.17) is 11.6 Å². The highest BCUT2D eigenvalue weighted by Crippen LogP contribution is 2.36. The van der Waals surface area contributed by atoms with Gasteiger partial charge in [-0.3, -0.25) is 0 Å². The molecule has 0 radical (unpaired) electrons. The first-order valence-corrected chi connectivity index (χ1v) is 9.41. The molecule has 3 heterocycles. The summed E-state index contributed by atoms with van der Waals surface area (Å²) in [5, 5.41) is 13.8. The van der Waals surface area contributed by atoms with Gasteiger partial charge in [-0.2, -0.15) is 4.57 Å². The van der Waals surface area contributed by atoms with Gasteiger partial charge in [-0.1, -0.05) is 41.9 Å². The minimum atomic E-state index is -0.270. The quantitative estimate of drug-likeness (QED) is 0.507. The van der Waals surface area contributed by atoms with Gasteiger partial charge < -0.3 is 5.11 Å². The molecule has 4 rings (SSSR count). The first-order chi connectivity index (χ1) is 11.6. The van der Waals surface area contributed by atoms with Gasteiger partial charge >= 0.3 is 10.7 Å². The highest BCUT2D eigenvalue weighted by Gasteiger charge is 2.36. The Hall–Kier alpha value is -1.83. The second kappa shape index (κ2) is 5.91. The molecular formula is C16H12ClN3O2S2. The van der Waals surface area contributed by atoms with Crippen LogP contribution >= 0.6 is 34.7 Å². The Balaban J connectivity index is 1.97. The third-order valence-electron chi connectivity index (χ3n) is 4.01. The summed E-state index contributed by atoms with van der Waals surface area (Å²) < 4.78 is 3.69. The Kier molecular flexibility index (Phi) is 3.86. The maximum Gasteiger partial charge on any atom is 0.345 e. The summed E-state index contributed by atoms with van der Waals surface area (Å²) in [6, 6.07) is 8.91. The molecule has 5 nitrogen and oxygen atoms in total. The van der Waals surface area contributed by atoms with E-state index in [0.29, 0.717) is 20.9 Å². The first kappa shape index (κ1) is 15.7. The van der Waals surface area contributed by atoms with E-state index in [1.165, 1.54) is 23.1 Å². The predicted octanol–water partition coefficient (Wildman–Crippen LogP) is 2.22. The summed E-state index contributed by atoms with van der Waals surface area (Å²) in [7, 11) is 1.70. The van der Waals surface area contributed by atoms with Crippen molar-refractivity contribution in [1.29, 1.82) is 0 Å². The minimum absolute atomic E-state index is 0.156. The number of nitrogens with zero attached hydrogens (tertiary/aromatic N) is 3. The number of hydrogen-bond acceptors (Lipinski definition) is 5. The van der Waals surface area contributed by atoms with Gasteiger partial charge in [0.1, 0.15) is 11.6 Å². The summed E-state index contributed by atoms with van der Waals surface area (Å²) in [6.45, 7) is 0. The normalized spacial score (nSPS) is 16.3. The fraction of sp³-hybridized carbons (Fsp3) is 0.188. The van der Waals surface area contributed by atoms with Crippen LogP contribution in [0.4, 0.5) is 0 Å². The molecule has 1 aliphatic heterocycles. The number of thiazole rings is 1. The van der Waals surface area contributed by atoms with Crippen LogP contribution in [0.1, 0.15) is 10.9 Å². The van der Waals surface area contributed by atoms with Crippen molar-refractivity contribution in [3.05, 3.63) is 56.2 Å². The number of aromatic nitrogens is 3. The van der Waals surface area contributed by atoms with Crippen molar-refractivity contribution in [2.24, 2.45) is 7.05 Å². The molecule has 1 atom stereocenters.